The molecule has 8 heteroatoms. The highest BCUT2D eigenvalue weighted by Gasteiger charge is 2.30. The lowest BCUT2D eigenvalue weighted by Gasteiger charge is -2.13. The Kier molecular flexibility index (Phi) is 4.82. The zero-order valence-corrected chi connectivity index (χ0v) is 12.7. The number of anilines is 1. The van der Waals surface area contributed by atoms with E-state index < -0.39 is 11.7 Å². The van der Waals surface area contributed by atoms with Crippen molar-refractivity contribution in [2.45, 2.75) is 17.6 Å². The number of alkyl halides is 3. The maximum Gasteiger partial charge on any atom is 0.416 e. The Balaban J connectivity index is 2.20. The van der Waals surface area contributed by atoms with Gasteiger partial charge >= 0.3 is 6.18 Å². The molecule has 2 rings (SSSR count). The number of halogens is 4. The molecule has 0 aliphatic heterocycles. The Morgan fingerprint density at radius 3 is 2.70 bits per heavy atom. The van der Waals surface area contributed by atoms with Gasteiger partial charge in [-0.15, -0.1) is 23.1 Å². The van der Waals surface area contributed by atoms with Gasteiger partial charge in [-0.3, -0.25) is 0 Å². The van der Waals surface area contributed by atoms with Crippen LogP contribution in [0.5, 0.6) is 0 Å². The number of aromatic nitrogens is 1. The van der Waals surface area contributed by atoms with Crippen LogP contribution in [-0.4, -0.2) is 11.2 Å². The summed E-state index contributed by atoms with van der Waals surface area (Å²) in [4.78, 5) is 5.51. The maximum absolute atomic E-state index is 12.7. The Labute approximate surface area is 127 Å². The van der Waals surface area contributed by atoms with Gasteiger partial charge in [0, 0.05) is 21.7 Å². The lowest BCUT2D eigenvalue weighted by atomic mass is 10.2. The molecular weight excluding hydrogens is 329 g/mol. The minimum atomic E-state index is -4.35. The first kappa shape index (κ1) is 15.5. The first-order chi connectivity index (χ1) is 9.40. The average Bonchev–Trinajstić information content (AvgIpc) is 2.80. The third-order valence-electron chi connectivity index (χ3n) is 2.51. The lowest BCUT2D eigenvalue weighted by molar-refractivity contribution is -0.137. The second kappa shape index (κ2) is 6.24. The van der Waals surface area contributed by atoms with Crippen LogP contribution in [0.25, 0.3) is 0 Å². The van der Waals surface area contributed by atoms with Crippen molar-refractivity contribution >= 4 is 40.4 Å². The van der Waals surface area contributed by atoms with Crippen molar-refractivity contribution in [3.63, 3.8) is 0 Å². The third-order valence-corrected chi connectivity index (χ3v) is 4.42. The quantitative estimate of drug-likeness (QED) is 0.780. The highest BCUT2D eigenvalue weighted by molar-refractivity contribution is 7.98. The van der Waals surface area contributed by atoms with Crippen LogP contribution in [0, 0.1) is 0 Å². The van der Waals surface area contributed by atoms with Crippen LogP contribution in [-0.2, 0) is 12.7 Å². The van der Waals surface area contributed by atoms with E-state index in [2.05, 4.69) is 10.3 Å². The normalized spacial score (nSPS) is 11.7. The number of thioether (sulfide) groups is 1. The predicted octanol–water partition coefficient (Wildman–Crippen LogP) is 5.15. The molecule has 0 saturated carbocycles. The minimum absolute atomic E-state index is 0.388. The van der Waals surface area contributed by atoms with Gasteiger partial charge in [0.2, 0.25) is 0 Å². The molecule has 0 radical (unpaired) electrons. The van der Waals surface area contributed by atoms with E-state index in [1.165, 1.54) is 29.2 Å². The molecule has 0 aliphatic rings. The third kappa shape index (κ3) is 3.80. The first-order valence-corrected chi connectivity index (χ1v) is 7.91. The minimum Gasteiger partial charge on any atom is -0.379 e. The fourth-order valence-electron chi connectivity index (χ4n) is 1.57. The monoisotopic (exact) mass is 338 g/mol. The summed E-state index contributed by atoms with van der Waals surface area (Å²) in [5.74, 6) is 0. The van der Waals surface area contributed by atoms with Gasteiger partial charge in [-0.25, -0.2) is 4.98 Å². The number of hydrogen-bond donors (Lipinski definition) is 1. The molecule has 0 unspecified atom stereocenters. The molecule has 0 bridgehead atoms. The summed E-state index contributed by atoms with van der Waals surface area (Å²) in [6, 6.07) is 3.67. The molecule has 2 aromatic rings. The summed E-state index contributed by atoms with van der Waals surface area (Å²) in [6.45, 7) is 0.388. The molecule has 0 spiro atoms. The fourth-order valence-corrected chi connectivity index (χ4v) is 3.04. The zero-order valence-electron chi connectivity index (χ0n) is 10.3. The molecule has 1 aromatic carbocycles. The van der Waals surface area contributed by atoms with Crippen LogP contribution < -0.4 is 5.32 Å². The van der Waals surface area contributed by atoms with Crippen LogP contribution in [0.2, 0.25) is 4.47 Å². The van der Waals surface area contributed by atoms with Gasteiger partial charge in [-0.05, 0) is 24.5 Å². The molecule has 0 saturated heterocycles. The van der Waals surface area contributed by atoms with E-state index in [0.29, 0.717) is 16.7 Å². The second-order valence-electron chi connectivity index (χ2n) is 3.85. The van der Waals surface area contributed by atoms with Gasteiger partial charge in [0.05, 0.1) is 12.1 Å². The van der Waals surface area contributed by atoms with Crippen LogP contribution >= 0.6 is 34.7 Å². The van der Waals surface area contributed by atoms with Gasteiger partial charge < -0.3 is 5.32 Å². The van der Waals surface area contributed by atoms with E-state index in [1.54, 1.807) is 6.20 Å². The molecule has 0 fully saturated rings. The Morgan fingerprint density at radius 1 is 1.40 bits per heavy atom. The van der Waals surface area contributed by atoms with E-state index >= 15 is 0 Å². The van der Waals surface area contributed by atoms with Gasteiger partial charge in [-0.1, -0.05) is 11.6 Å². The van der Waals surface area contributed by atoms with Gasteiger partial charge in [0.25, 0.3) is 0 Å². The molecule has 0 atom stereocenters. The van der Waals surface area contributed by atoms with Gasteiger partial charge in [0.15, 0.2) is 4.47 Å². The number of thiazole rings is 1. The van der Waals surface area contributed by atoms with E-state index in [1.807, 2.05) is 6.26 Å². The Morgan fingerprint density at radius 2 is 2.15 bits per heavy atom. The molecule has 1 heterocycles. The molecule has 20 heavy (non-hydrogen) atoms. The van der Waals surface area contributed by atoms with Crippen molar-refractivity contribution in [3.8, 4) is 0 Å². The average molecular weight is 339 g/mol. The van der Waals surface area contributed by atoms with Gasteiger partial charge in [-0.2, -0.15) is 13.2 Å². The Bertz CT molecular complexity index is 599. The van der Waals surface area contributed by atoms with E-state index in [-0.39, 0.29) is 0 Å². The van der Waals surface area contributed by atoms with Crippen molar-refractivity contribution in [2.24, 2.45) is 0 Å². The van der Waals surface area contributed by atoms with E-state index in [4.69, 9.17) is 11.6 Å². The number of benzene rings is 1. The Hall–Kier alpha value is -0.920. The van der Waals surface area contributed by atoms with Crippen molar-refractivity contribution < 1.29 is 13.2 Å². The van der Waals surface area contributed by atoms with E-state index in [9.17, 15) is 13.2 Å². The van der Waals surface area contributed by atoms with Gasteiger partial charge in [0.1, 0.15) is 0 Å². The van der Waals surface area contributed by atoms with Crippen LogP contribution in [0.15, 0.2) is 29.3 Å². The van der Waals surface area contributed by atoms with Crippen molar-refractivity contribution in [3.05, 3.63) is 39.3 Å². The maximum atomic E-state index is 12.7. The molecule has 2 nitrogen and oxygen atoms in total. The van der Waals surface area contributed by atoms with Crippen molar-refractivity contribution in [2.75, 3.05) is 11.6 Å². The molecule has 1 aromatic heterocycles. The molecular formula is C12H10ClF3N2S2. The summed E-state index contributed by atoms with van der Waals surface area (Å²) >= 11 is 8.39. The first-order valence-electron chi connectivity index (χ1n) is 5.49. The fraction of sp³-hybridized carbons (Fsp3) is 0.250. The topological polar surface area (TPSA) is 24.9 Å². The molecule has 1 N–H and O–H groups in total. The molecule has 0 aliphatic carbocycles. The van der Waals surface area contributed by atoms with Crippen LogP contribution in [0.3, 0.4) is 0 Å². The van der Waals surface area contributed by atoms with Crippen LogP contribution in [0.1, 0.15) is 10.4 Å². The summed E-state index contributed by atoms with van der Waals surface area (Å²) in [7, 11) is 0. The standard InChI is InChI=1S/C12H10ClF3N2S2/c1-19-10-3-2-7(12(14,15)16)4-9(10)17-5-8-6-18-11(13)20-8/h2-4,6,17H,5H2,1H3. The van der Waals surface area contributed by atoms with Crippen molar-refractivity contribution in [1.82, 2.24) is 4.98 Å². The smallest absolute Gasteiger partial charge is 0.379 e. The van der Waals surface area contributed by atoms with Crippen molar-refractivity contribution in [1.29, 1.82) is 0 Å². The summed E-state index contributed by atoms with van der Waals surface area (Å²) < 4.78 is 38.5. The number of nitrogens with zero attached hydrogens (tertiary/aromatic N) is 1. The second-order valence-corrected chi connectivity index (χ2v) is 6.39. The molecule has 0 amide bonds. The predicted molar refractivity (Wildman–Crippen MR) is 77.7 cm³/mol. The number of hydrogen-bond acceptors (Lipinski definition) is 4. The summed E-state index contributed by atoms with van der Waals surface area (Å²) in [5, 5.41) is 3.00. The number of nitrogens with one attached hydrogen (secondary N) is 1. The highest BCUT2D eigenvalue weighted by Crippen LogP contribution is 2.35. The SMILES string of the molecule is CSc1ccc(C(F)(F)F)cc1NCc1cnc(Cl)s1. The summed E-state index contributed by atoms with van der Waals surface area (Å²) in [6.07, 6.45) is -0.926. The molecule has 108 valence electrons. The largest absolute Gasteiger partial charge is 0.416 e. The number of rotatable bonds is 4. The van der Waals surface area contributed by atoms with Crippen LogP contribution in [0.4, 0.5) is 18.9 Å². The summed E-state index contributed by atoms with van der Waals surface area (Å²) in [5.41, 5.74) is -0.211. The highest BCUT2D eigenvalue weighted by atomic mass is 35.5. The zero-order chi connectivity index (χ0) is 14.8. The van der Waals surface area contributed by atoms with E-state index in [0.717, 1.165) is 21.9 Å². The lowest BCUT2D eigenvalue weighted by Crippen LogP contribution is -2.07.